The molecule has 0 amide bonds. The van der Waals surface area contributed by atoms with Crippen LogP contribution in [-0.2, 0) is 16.5 Å². The third-order valence-electron chi connectivity index (χ3n) is 2.52. The van der Waals surface area contributed by atoms with Gasteiger partial charge in [-0.15, -0.1) is 0 Å². The Kier molecular flexibility index (Phi) is 9.34. The van der Waals surface area contributed by atoms with E-state index in [1.54, 1.807) is 6.07 Å². The van der Waals surface area contributed by atoms with Crippen LogP contribution < -0.4 is 29.6 Å². The van der Waals surface area contributed by atoms with Gasteiger partial charge in [-0.3, -0.25) is 0 Å². The minimum atomic E-state index is -4.33. The SMILES string of the molecule is CCCCC(I)Cc1cccc(S(=O)(=O)[O-])c1.[Na+]. The number of hydrogen-bond acceptors (Lipinski definition) is 3. The Morgan fingerprint density at radius 3 is 2.61 bits per heavy atom. The van der Waals surface area contributed by atoms with Crippen molar-refractivity contribution in [3.63, 3.8) is 0 Å². The fraction of sp³-hybridized carbons (Fsp3) is 0.500. The van der Waals surface area contributed by atoms with Crippen LogP contribution in [0.5, 0.6) is 0 Å². The maximum atomic E-state index is 10.9. The Morgan fingerprint density at radius 1 is 1.39 bits per heavy atom. The first-order valence-corrected chi connectivity index (χ1v) is 8.27. The largest absolute Gasteiger partial charge is 1.00 e. The fourth-order valence-corrected chi connectivity index (χ4v) is 3.10. The van der Waals surface area contributed by atoms with E-state index in [1.165, 1.54) is 18.6 Å². The van der Waals surface area contributed by atoms with Gasteiger partial charge in [-0.25, -0.2) is 8.42 Å². The van der Waals surface area contributed by atoms with E-state index in [2.05, 4.69) is 29.5 Å². The van der Waals surface area contributed by atoms with Gasteiger partial charge in [0.1, 0.15) is 10.1 Å². The van der Waals surface area contributed by atoms with Crippen LogP contribution in [0.2, 0.25) is 0 Å². The summed E-state index contributed by atoms with van der Waals surface area (Å²) in [6.07, 6.45) is 4.26. The molecule has 0 N–H and O–H groups in total. The second-order valence-corrected chi connectivity index (χ2v) is 7.19. The number of hydrogen-bond donors (Lipinski definition) is 0. The molecule has 0 fully saturated rings. The molecular formula is C12H16INaO3S. The van der Waals surface area contributed by atoms with Crippen molar-refractivity contribution in [1.82, 2.24) is 0 Å². The minimum Gasteiger partial charge on any atom is -0.744 e. The molecule has 0 bridgehead atoms. The molecule has 0 saturated heterocycles. The molecule has 96 valence electrons. The van der Waals surface area contributed by atoms with E-state index >= 15 is 0 Å². The van der Waals surface area contributed by atoms with Gasteiger partial charge in [-0.2, -0.15) is 0 Å². The summed E-state index contributed by atoms with van der Waals surface area (Å²) in [5.41, 5.74) is 0.914. The molecule has 3 nitrogen and oxygen atoms in total. The summed E-state index contributed by atoms with van der Waals surface area (Å²) in [4.78, 5) is -0.130. The third-order valence-corrected chi connectivity index (χ3v) is 4.41. The Balaban J connectivity index is 0.00000289. The van der Waals surface area contributed by atoms with Crippen LogP contribution in [0.25, 0.3) is 0 Å². The molecule has 1 rings (SSSR count). The van der Waals surface area contributed by atoms with Crippen molar-refractivity contribution in [1.29, 1.82) is 0 Å². The van der Waals surface area contributed by atoms with Gasteiger partial charge in [0.05, 0.1) is 4.90 Å². The smallest absolute Gasteiger partial charge is 0.744 e. The summed E-state index contributed by atoms with van der Waals surface area (Å²) in [5, 5.41) is 0. The number of halogens is 1. The molecule has 0 aliphatic heterocycles. The van der Waals surface area contributed by atoms with E-state index in [0.29, 0.717) is 3.92 Å². The number of rotatable bonds is 6. The van der Waals surface area contributed by atoms with Crippen LogP contribution in [-0.4, -0.2) is 16.9 Å². The van der Waals surface area contributed by atoms with Gasteiger partial charge < -0.3 is 4.55 Å². The summed E-state index contributed by atoms with van der Waals surface area (Å²) in [6, 6.07) is 6.33. The van der Waals surface area contributed by atoms with Gasteiger partial charge in [-0.05, 0) is 30.5 Å². The summed E-state index contributed by atoms with van der Waals surface area (Å²) in [6.45, 7) is 2.15. The first-order valence-electron chi connectivity index (χ1n) is 5.62. The van der Waals surface area contributed by atoms with Gasteiger partial charge in [0.15, 0.2) is 0 Å². The number of alkyl halides is 1. The minimum absolute atomic E-state index is 0. The second kappa shape index (κ2) is 8.92. The van der Waals surface area contributed by atoms with E-state index in [4.69, 9.17) is 0 Å². The molecule has 0 heterocycles. The molecule has 1 aromatic rings. The zero-order valence-electron chi connectivity index (χ0n) is 10.7. The molecule has 1 atom stereocenters. The summed E-state index contributed by atoms with van der Waals surface area (Å²) >= 11 is 2.37. The quantitative estimate of drug-likeness (QED) is 0.300. The van der Waals surface area contributed by atoms with Crippen LogP contribution in [0.3, 0.4) is 0 Å². The van der Waals surface area contributed by atoms with Gasteiger partial charge in [-0.1, -0.05) is 54.5 Å². The maximum Gasteiger partial charge on any atom is 1.00 e. The third kappa shape index (κ3) is 6.86. The van der Waals surface area contributed by atoms with E-state index in [1.807, 2.05) is 6.07 Å². The van der Waals surface area contributed by atoms with Crippen molar-refractivity contribution in [2.75, 3.05) is 0 Å². The van der Waals surface area contributed by atoms with Crippen molar-refractivity contribution < 1.29 is 42.5 Å². The first-order chi connectivity index (χ1) is 7.93. The predicted molar refractivity (Wildman–Crippen MR) is 75.4 cm³/mol. The van der Waals surface area contributed by atoms with Gasteiger partial charge in [0, 0.05) is 3.92 Å². The van der Waals surface area contributed by atoms with Crippen molar-refractivity contribution in [3.05, 3.63) is 29.8 Å². The van der Waals surface area contributed by atoms with Gasteiger partial charge in [0.2, 0.25) is 0 Å². The molecule has 0 aromatic heterocycles. The zero-order chi connectivity index (χ0) is 12.9. The maximum absolute atomic E-state index is 10.9. The Hall–Kier alpha value is 0.860. The molecule has 0 aliphatic rings. The van der Waals surface area contributed by atoms with Crippen LogP contribution in [0, 0.1) is 0 Å². The molecule has 0 saturated carbocycles. The average Bonchev–Trinajstić information content (AvgIpc) is 2.25. The van der Waals surface area contributed by atoms with Gasteiger partial charge >= 0.3 is 29.6 Å². The molecule has 6 heteroatoms. The Morgan fingerprint density at radius 2 is 2.06 bits per heavy atom. The zero-order valence-corrected chi connectivity index (χ0v) is 15.7. The number of unbranched alkanes of at least 4 members (excludes halogenated alkanes) is 1. The molecule has 1 unspecified atom stereocenters. The van der Waals surface area contributed by atoms with Crippen LogP contribution in [0.15, 0.2) is 29.2 Å². The Labute approximate surface area is 145 Å². The normalized spacial score (nSPS) is 12.8. The van der Waals surface area contributed by atoms with Gasteiger partial charge in [0.25, 0.3) is 0 Å². The van der Waals surface area contributed by atoms with E-state index in [0.717, 1.165) is 24.8 Å². The molecule has 1 aromatic carbocycles. The fourth-order valence-electron chi connectivity index (χ4n) is 1.61. The van der Waals surface area contributed by atoms with Crippen LogP contribution >= 0.6 is 22.6 Å². The molecule has 0 aliphatic carbocycles. The van der Waals surface area contributed by atoms with Crippen molar-refractivity contribution in [2.45, 2.75) is 41.4 Å². The average molecular weight is 390 g/mol. The van der Waals surface area contributed by atoms with Crippen molar-refractivity contribution >= 4 is 32.7 Å². The topological polar surface area (TPSA) is 57.2 Å². The molecule has 0 radical (unpaired) electrons. The van der Waals surface area contributed by atoms with Crippen molar-refractivity contribution in [2.24, 2.45) is 0 Å². The Bertz CT molecular complexity index is 462. The summed E-state index contributed by atoms with van der Waals surface area (Å²) in [5.74, 6) is 0. The number of benzene rings is 1. The first kappa shape index (κ1) is 18.9. The van der Waals surface area contributed by atoms with Crippen LogP contribution in [0.4, 0.5) is 0 Å². The monoisotopic (exact) mass is 390 g/mol. The van der Waals surface area contributed by atoms with E-state index < -0.39 is 10.1 Å². The summed E-state index contributed by atoms with van der Waals surface area (Å²) < 4.78 is 33.1. The predicted octanol–water partition coefficient (Wildman–Crippen LogP) is 0.131. The van der Waals surface area contributed by atoms with E-state index in [-0.39, 0.29) is 34.5 Å². The molecule has 18 heavy (non-hydrogen) atoms. The van der Waals surface area contributed by atoms with Crippen molar-refractivity contribution in [3.8, 4) is 0 Å². The molecule has 0 spiro atoms. The standard InChI is InChI=1S/C12H17IO3S.Na/c1-2-3-6-11(13)8-10-5-4-7-12(9-10)17(14,15)16;/h4-5,7,9,11H,2-3,6,8H2,1H3,(H,14,15,16);/q;+1/p-1. The summed E-state index contributed by atoms with van der Waals surface area (Å²) in [7, 11) is -4.33. The van der Waals surface area contributed by atoms with E-state index in [9.17, 15) is 13.0 Å². The second-order valence-electron chi connectivity index (χ2n) is 4.05. The van der Waals surface area contributed by atoms with Crippen LogP contribution in [0.1, 0.15) is 31.7 Å². The molecular weight excluding hydrogens is 374 g/mol.